The molecule has 1 N–H and O–H groups in total. The molecule has 0 saturated heterocycles. The van der Waals surface area contributed by atoms with Crippen molar-refractivity contribution in [3.63, 3.8) is 0 Å². The summed E-state index contributed by atoms with van der Waals surface area (Å²) in [7, 11) is 0. The van der Waals surface area contributed by atoms with E-state index in [9.17, 15) is 9.59 Å². The van der Waals surface area contributed by atoms with Gasteiger partial charge in [0.1, 0.15) is 20.8 Å². The van der Waals surface area contributed by atoms with Crippen LogP contribution in [0.1, 0.15) is 66.4 Å². The number of rotatable bonds is 11. The van der Waals surface area contributed by atoms with E-state index in [1.54, 1.807) is 11.3 Å². The van der Waals surface area contributed by atoms with Crippen molar-refractivity contribution >= 4 is 51.3 Å². The van der Waals surface area contributed by atoms with Gasteiger partial charge in [0.2, 0.25) is 11.0 Å². The predicted octanol–water partition coefficient (Wildman–Crippen LogP) is 4.34. The Bertz CT molecular complexity index is 802. The Morgan fingerprint density at radius 3 is 2.10 bits per heavy atom. The third-order valence-electron chi connectivity index (χ3n) is 5.99. The first-order valence-corrected chi connectivity index (χ1v) is 14.0. The Morgan fingerprint density at radius 1 is 0.806 bits per heavy atom. The summed E-state index contributed by atoms with van der Waals surface area (Å²) in [4.78, 5) is 24.5. The van der Waals surface area contributed by atoms with Gasteiger partial charge in [-0.3, -0.25) is 9.59 Å². The molecule has 2 aromatic rings. The summed E-state index contributed by atoms with van der Waals surface area (Å²) in [5.74, 6) is 2.75. The lowest BCUT2D eigenvalue weighted by Gasteiger charge is -2.06. The van der Waals surface area contributed by atoms with Crippen LogP contribution in [0.3, 0.4) is 0 Å². The molecule has 2 fully saturated rings. The summed E-state index contributed by atoms with van der Waals surface area (Å²) in [6, 6.07) is 0. The van der Waals surface area contributed by atoms with E-state index < -0.39 is 0 Å². The van der Waals surface area contributed by atoms with Gasteiger partial charge in [0.25, 0.3) is 0 Å². The third-order valence-corrected chi connectivity index (χ3v) is 8.86. The molecule has 0 atom stereocenters. The van der Waals surface area contributed by atoms with Crippen molar-refractivity contribution in [1.29, 1.82) is 0 Å². The Labute approximate surface area is 195 Å². The minimum absolute atomic E-state index is 0.0935. The molecule has 0 aliphatic heterocycles. The molecule has 0 radical (unpaired) electrons. The van der Waals surface area contributed by atoms with Gasteiger partial charge in [0.05, 0.1) is 6.42 Å². The quantitative estimate of drug-likeness (QED) is 0.479. The lowest BCUT2D eigenvalue weighted by atomic mass is 10.0. The maximum absolute atomic E-state index is 12.3. The number of nitrogens with one attached hydrogen (secondary N) is 1. The highest BCUT2D eigenvalue weighted by molar-refractivity contribution is 7.99. The Hall–Kier alpha value is -1.39. The van der Waals surface area contributed by atoms with Crippen LogP contribution in [-0.2, 0) is 28.9 Å². The van der Waals surface area contributed by atoms with E-state index >= 15 is 0 Å². The van der Waals surface area contributed by atoms with E-state index in [2.05, 4.69) is 25.7 Å². The van der Waals surface area contributed by atoms with Crippen molar-refractivity contribution in [3.8, 4) is 0 Å². The number of Topliss-reactive ketones (excluding diaryl/α,β-unsaturated/α-hetero) is 1. The second-order valence-corrected chi connectivity index (χ2v) is 11.7. The number of hydrogen-bond donors (Lipinski definition) is 1. The predicted molar refractivity (Wildman–Crippen MR) is 126 cm³/mol. The standard InChI is InChI=1S/C21H29N5O2S3/c27-16(14-5-1-2-6-14)13-19-25-23-17(30-19)9-11-29-12-10-18-24-26-21(31-18)22-20(28)15-7-3-4-8-15/h14-15H,1-13H2,(H,22,26,28). The van der Waals surface area contributed by atoms with Gasteiger partial charge < -0.3 is 5.32 Å². The third kappa shape index (κ3) is 6.79. The summed E-state index contributed by atoms with van der Waals surface area (Å²) in [5.41, 5.74) is 0. The van der Waals surface area contributed by atoms with Crippen LogP contribution in [0.2, 0.25) is 0 Å². The average Bonchev–Trinajstić information content (AvgIpc) is 3.55. The summed E-state index contributed by atoms with van der Waals surface area (Å²) < 4.78 is 0. The van der Waals surface area contributed by atoms with Crippen LogP contribution in [0, 0.1) is 11.8 Å². The second-order valence-electron chi connectivity index (χ2n) is 8.30. The molecule has 2 aromatic heterocycles. The maximum atomic E-state index is 12.3. The second kappa shape index (κ2) is 11.5. The van der Waals surface area contributed by atoms with Gasteiger partial charge in [-0.05, 0) is 37.2 Å². The fraction of sp³-hybridized carbons (Fsp3) is 0.714. The van der Waals surface area contributed by atoms with Crippen molar-refractivity contribution in [1.82, 2.24) is 20.4 Å². The largest absolute Gasteiger partial charge is 0.300 e. The molecule has 2 heterocycles. The first kappa shape index (κ1) is 22.8. The first-order valence-electron chi connectivity index (χ1n) is 11.2. The van der Waals surface area contributed by atoms with Crippen molar-refractivity contribution < 1.29 is 9.59 Å². The molecule has 0 bridgehead atoms. The molecule has 2 saturated carbocycles. The molecule has 168 valence electrons. The average molecular weight is 480 g/mol. The van der Waals surface area contributed by atoms with Gasteiger partial charge in [0.15, 0.2) is 0 Å². The monoisotopic (exact) mass is 479 g/mol. The number of hydrogen-bond acceptors (Lipinski definition) is 9. The zero-order valence-electron chi connectivity index (χ0n) is 17.7. The zero-order valence-corrected chi connectivity index (χ0v) is 20.1. The molecule has 1 amide bonds. The van der Waals surface area contributed by atoms with Crippen LogP contribution in [0.5, 0.6) is 0 Å². The summed E-state index contributed by atoms with van der Waals surface area (Å²) in [6.07, 6.45) is 10.9. The van der Waals surface area contributed by atoms with Crippen LogP contribution in [-0.4, -0.2) is 43.6 Å². The first-order chi connectivity index (χ1) is 15.2. The SMILES string of the molecule is O=C(Cc1nnc(CCSCCc2nnc(NC(=O)C3CCCC3)s2)s1)C1CCCC1. The van der Waals surface area contributed by atoms with Gasteiger partial charge in [-0.2, -0.15) is 11.8 Å². The molecular weight excluding hydrogens is 450 g/mol. The molecule has 7 nitrogen and oxygen atoms in total. The minimum atomic E-state index is 0.0935. The number of amides is 1. The van der Waals surface area contributed by atoms with E-state index in [1.807, 2.05) is 11.8 Å². The number of aryl methyl sites for hydroxylation is 2. The van der Waals surface area contributed by atoms with E-state index in [1.165, 1.54) is 24.2 Å². The van der Waals surface area contributed by atoms with Crippen LogP contribution >= 0.6 is 34.4 Å². The van der Waals surface area contributed by atoms with Crippen LogP contribution in [0.25, 0.3) is 0 Å². The van der Waals surface area contributed by atoms with E-state index in [0.717, 1.165) is 77.9 Å². The molecule has 2 aliphatic carbocycles. The number of thioether (sulfide) groups is 1. The van der Waals surface area contributed by atoms with Gasteiger partial charge in [-0.15, -0.1) is 31.7 Å². The van der Waals surface area contributed by atoms with Gasteiger partial charge in [-0.1, -0.05) is 37.0 Å². The number of carbonyl (C=O) groups excluding carboxylic acids is 2. The Kier molecular flexibility index (Phi) is 8.43. The van der Waals surface area contributed by atoms with Crippen molar-refractivity contribution in [2.24, 2.45) is 11.8 Å². The number of aromatic nitrogens is 4. The highest BCUT2D eigenvalue weighted by atomic mass is 32.2. The fourth-order valence-corrected chi connectivity index (χ4v) is 6.96. The van der Waals surface area contributed by atoms with E-state index in [0.29, 0.717) is 17.3 Å². The minimum Gasteiger partial charge on any atom is -0.300 e. The smallest absolute Gasteiger partial charge is 0.229 e. The molecule has 4 rings (SSSR count). The topological polar surface area (TPSA) is 97.7 Å². The van der Waals surface area contributed by atoms with E-state index in [-0.39, 0.29) is 17.7 Å². The van der Waals surface area contributed by atoms with Crippen molar-refractivity contribution in [3.05, 3.63) is 15.0 Å². The van der Waals surface area contributed by atoms with Gasteiger partial charge in [0, 0.05) is 24.7 Å². The molecule has 0 aromatic carbocycles. The molecule has 2 aliphatic rings. The van der Waals surface area contributed by atoms with Crippen molar-refractivity contribution in [2.75, 3.05) is 16.8 Å². The molecule has 0 spiro atoms. The normalized spacial score (nSPS) is 17.4. The summed E-state index contributed by atoms with van der Waals surface area (Å²) in [5, 5.41) is 23.2. The maximum Gasteiger partial charge on any atom is 0.229 e. The number of carbonyl (C=O) groups is 2. The fourth-order valence-electron chi connectivity index (χ4n) is 4.22. The molecule has 10 heteroatoms. The van der Waals surface area contributed by atoms with Gasteiger partial charge in [-0.25, -0.2) is 0 Å². The summed E-state index contributed by atoms with van der Waals surface area (Å²) in [6.45, 7) is 0. The zero-order chi connectivity index (χ0) is 21.5. The van der Waals surface area contributed by atoms with Gasteiger partial charge >= 0.3 is 0 Å². The summed E-state index contributed by atoms with van der Waals surface area (Å²) >= 11 is 4.90. The highest BCUT2D eigenvalue weighted by Gasteiger charge is 2.24. The molecule has 31 heavy (non-hydrogen) atoms. The molecular formula is C21H29N5O2S3. The lowest BCUT2D eigenvalue weighted by molar-refractivity contribution is -0.122. The number of nitrogens with zero attached hydrogens (tertiary/aromatic N) is 4. The molecule has 0 unspecified atom stereocenters. The lowest BCUT2D eigenvalue weighted by Crippen LogP contribution is -2.20. The Balaban J connectivity index is 1.11. The number of anilines is 1. The van der Waals surface area contributed by atoms with E-state index in [4.69, 9.17) is 0 Å². The van der Waals surface area contributed by atoms with Crippen LogP contribution in [0.4, 0.5) is 5.13 Å². The van der Waals surface area contributed by atoms with Crippen LogP contribution < -0.4 is 5.32 Å². The highest BCUT2D eigenvalue weighted by Crippen LogP contribution is 2.28. The van der Waals surface area contributed by atoms with Crippen LogP contribution in [0.15, 0.2) is 0 Å². The van der Waals surface area contributed by atoms with Crippen molar-refractivity contribution in [2.45, 2.75) is 70.6 Å². The number of ketones is 1. The Morgan fingerprint density at radius 2 is 1.39 bits per heavy atom.